The van der Waals surface area contributed by atoms with Crippen LogP contribution >= 0.6 is 11.8 Å². The maximum Gasteiger partial charge on any atom is 0.287 e. The van der Waals surface area contributed by atoms with Gasteiger partial charge in [0.2, 0.25) is 5.91 Å². The Morgan fingerprint density at radius 2 is 2.50 bits per heavy atom. The van der Waals surface area contributed by atoms with Crippen LogP contribution in [0.1, 0.15) is 13.3 Å². The highest BCUT2D eigenvalue weighted by atomic mass is 32.2. The van der Waals surface area contributed by atoms with E-state index in [2.05, 4.69) is 10.2 Å². The van der Waals surface area contributed by atoms with Crippen molar-refractivity contribution in [2.45, 2.75) is 36.5 Å². The first-order valence-electron chi connectivity index (χ1n) is 5.98. The molecule has 2 fully saturated rings. The second-order valence-corrected chi connectivity index (χ2v) is 6.27. The van der Waals surface area contributed by atoms with Crippen molar-refractivity contribution in [3.63, 3.8) is 0 Å². The van der Waals surface area contributed by atoms with E-state index in [9.17, 15) is 9.90 Å². The van der Waals surface area contributed by atoms with E-state index in [4.69, 9.17) is 12.3 Å². The molecule has 0 aromatic heterocycles. The number of nitrogens with zero attached hydrogens (tertiary/aromatic N) is 2. The Labute approximate surface area is 111 Å². The van der Waals surface area contributed by atoms with Crippen molar-refractivity contribution in [2.75, 3.05) is 18.8 Å². The lowest BCUT2D eigenvalue weighted by Crippen LogP contribution is -2.50. The number of aliphatic hydroxyl groups is 1. The van der Waals surface area contributed by atoms with E-state index in [-0.39, 0.29) is 16.9 Å². The monoisotopic (exact) mass is 270 g/mol. The lowest BCUT2D eigenvalue weighted by Gasteiger charge is -2.25. The van der Waals surface area contributed by atoms with Crippen LogP contribution in [0.5, 0.6) is 0 Å². The van der Waals surface area contributed by atoms with Crippen LogP contribution in [-0.2, 0) is 4.79 Å². The summed E-state index contributed by atoms with van der Waals surface area (Å²) in [5, 5.41) is 12.6. The van der Waals surface area contributed by atoms with Gasteiger partial charge in [-0.25, -0.2) is 11.9 Å². The molecule has 0 saturated carbocycles. The highest BCUT2D eigenvalue weighted by Crippen LogP contribution is 2.38. The molecule has 7 heteroatoms. The molecule has 0 bridgehead atoms. The van der Waals surface area contributed by atoms with E-state index < -0.39 is 12.1 Å². The van der Waals surface area contributed by atoms with E-state index in [1.165, 1.54) is 6.92 Å². The van der Waals surface area contributed by atoms with E-state index >= 15 is 0 Å². The molecule has 0 aliphatic carbocycles. The van der Waals surface area contributed by atoms with Crippen LogP contribution < -0.4 is 11.1 Å². The highest BCUT2D eigenvalue weighted by molar-refractivity contribution is 8.01. The molecule has 4 atom stereocenters. The second-order valence-electron chi connectivity index (χ2n) is 4.87. The topological polar surface area (TPSA) is 83.0 Å². The van der Waals surface area contributed by atoms with E-state index in [0.717, 1.165) is 12.2 Å². The Morgan fingerprint density at radius 3 is 3.06 bits per heavy atom. The van der Waals surface area contributed by atoms with Gasteiger partial charge in [0.05, 0.1) is 16.7 Å². The molecule has 0 aromatic rings. The fourth-order valence-electron chi connectivity index (χ4n) is 2.32. The zero-order chi connectivity index (χ0) is 13.3. The number of carbonyl (C=O) groups excluding carboxylic acids is 1. The summed E-state index contributed by atoms with van der Waals surface area (Å²) in [5.41, 5.74) is 5.66. The summed E-state index contributed by atoms with van der Waals surface area (Å²) in [7, 11) is 0. The normalized spacial score (nSPS) is 34.6. The first kappa shape index (κ1) is 13.6. The number of hydrogen-bond donors (Lipinski definition) is 3. The number of thioether (sulfide) groups is 1. The summed E-state index contributed by atoms with van der Waals surface area (Å²) in [4.78, 5) is 17.0. The van der Waals surface area contributed by atoms with Crippen molar-refractivity contribution in [3.8, 4) is 0 Å². The average Bonchev–Trinajstić information content (AvgIpc) is 2.95. The van der Waals surface area contributed by atoms with Gasteiger partial charge in [0, 0.05) is 13.1 Å². The third-order valence-electron chi connectivity index (χ3n) is 3.45. The molecule has 100 valence electrons. The van der Waals surface area contributed by atoms with Gasteiger partial charge in [-0.15, -0.1) is 11.8 Å². The van der Waals surface area contributed by atoms with E-state index in [0.29, 0.717) is 13.1 Å². The van der Waals surface area contributed by atoms with Crippen molar-refractivity contribution in [2.24, 2.45) is 5.73 Å². The van der Waals surface area contributed by atoms with Crippen molar-refractivity contribution in [1.29, 1.82) is 0 Å². The van der Waals surface area contributed by atoms with Gasteiger partial charge in [-0.3, -0.25) is 9.64 Å². The van der Waals surface area contributed by atoms with Gasteiger partial charge in [0.15, 0.2) is 0 Å². The van der Waals surface area contributed by atoms with Crippen LogP contribution in [0.15, 0.2) is 0 Å². The standard InChI is InChI=1S/C11H18N4O2S/c1-7(16)9(12)10(17)15-4-3-11(6-15)14-8(13-2)5-18-11/h7-9,14,16H,3-6,12H2,1H3/t7-,8+,9+,11?/m1/s1. The summed E-state index contributed by atoms with van der Waals surface area (Å²) in [5.74, 6) is 0.545. The predicted octanol–water partition coefficient (Wildman–Crippen LogP) is -0.795. The molecule has 1 spiro atoms. The molecule has 4 N–H and O–H groups in total. The summed E-state index contributed by atoms with van der Waals surface area (Å²) < 4.78 is 0. The number of rotatable bonds is 2. The van der Waals surface area contributed by atoms with Crippen molar-refractivity contribution in [1.82, 2.24) is 10.2 Å². The van der Waals surface area contributed by atoms with Crippen LogP contribution in [0.3, 0.4) is 0 Å². The number of carbonyl (C=O) groups is 1. The Hall–Kier alpha value is -0.810. The maximum atomic E-state index is 12.0. The van der Waals surface area contributed by atoms with E-state index in [1.807, 2.05) is 0 Å². The molecule has 0 radical (unpaired) electrons. The zero-order valence-electron chi connectivity index (χ0n) is 10.3. The minimum atomic E-state index is -0.858. The number of nitrogens with one attached hydrogen (secondary N) is 1. The molecular weight excluding hydrogens is 252 g/mol. The van der Waals surface area contributed by atoms with Crippen LogP contribution in [0, 0.1) is 6.57 Å². The smallest absolute Gasteiger partial charge is 0.287 e. The maximum absolute atomic E-state index is 12.0. The van der Waals surface area contributed by atoms with Gasteiger partial charge in [0.25, 0.3) is 6.17 Å². The lowest BCUT2D eigenvalue weighted by atomic mass is 10.2. The summed E-state index contributed by atoms with van der Waals surface area (Å²) >= 11 is 1.70. The molecule has 2 heterocycles. The zero-order valence-corrected chi connectivity index (χ0v) is 11.1. The van der Waals surface area contributed by atoms with Gasteiger partial charge < -0.3 is 15.7 Å². The Bertz CT molecular complexity index is 384. The van der Waals surface area contributed by atoms with Gasteiger partial charge in [-0.05, 0) is 13.3 Å². The van der Waals surface area contributed by atoms with E-state index in [1.54, 1.807) is 16.7 Å². The van der Waals surface area contributed by atoms with Crippen molar-refractivity contribution in [3.05, 3.63) is 11.4 Å². The molecular formula is C11H18N4O2S. The Kier molecular flexibility index (Phi) is 3.82. The first-order valence-corrected chi connectivity index (χ1v) is 6.97. The molecule has 2 aliphatic heterocycles. The van der Waals surface area contributed by atoms with Crippen LogP contribution in [0.25, 0.3) is 4.85 Å². The molecule has 6 nitrogen and oxygen atoms in total. The largest absolute Gasteiger partial charge is 0.391 e. The van der Waals surface area contributed by atoms with Crippen LogP contribution in [0.2, 0.25) is 0 Å². The molecule has 18 heavy (non-hydrogen) atoms. The van der Waals surface area contributed by atoms with Gasteiger partial charge in [-0.2, -0.15) is 0 Å². The predicted molar refractivity (Wildman–Crippen MR) is 69.6 cm³/mol. The van der Waals surface area contributed by atoms with Crippen molar-refractivity contribution < 1.29 is 9.90 Å². The van der Waals surface area contributed by atoms with Gasteiger partial charge >= 0.3 is 0 Å². The van der Waals surface area contributed by atoms with Crippen molar-refractivity contribution >= 4 is 17.7 Å². The SMILES string of the molecule is [C-]#[N+][C@@H]1CSC2(CCN(C(=O)[C@@H](N)[C@@H](C)O)C2)N1. The van der Waals surface area contributed by atoms with Gasteiger partial charge in [0.1, 0.15) is 6.04 Å². The molecule has 2 rings (SSSR count). The third kappa shape index (κ3) is 2.47. The van der Waals surface area contributed by atoms with Crippen LogP contribution in [-0.4, -0.2) is 57.9 Å². The minimum absolute atomic E-state index is 0.157. The highest BCUT2D eigenvalue weighted by Gasteiger charge is 2.48. The quantitative estimate of drug-likeness (QED) is 0.573. The summed E-state index contributed by atoms with van der Waals surface area (Å²) in [6, 6.07) is -0.858. The summed E-state index contributed by atoms with van der Waals surface area (Å²) in [6.45, 7) is 9.73. The molecule has 2 aliphatic rings. The number of amides is 1. The first-order chi connectivity index (χ1) is 8.47. The average molecular weight is 270 g/mol. The molecule has 2 saturated heterocycles. The third-order valence-corrected chi connectivity index (χ3v) is 4.94. The Balaban J connectivity index is 1.97. The molecule has 1 amide bonds. The number of aliphatic hydroxyl groups excluding tert-OH is 1. The van der Waals surface area contributed by atoms with Gasteiger partial charge in [-0.1, -0.05) is 0 Å². The minimum Gasteiger partial charge on any atom is -0.391 e. The fraction of sp³-hybridized carbons (Fsp3) is 0.818. The molecule has 1 unspecified atom stereocenters. The summed E-state index contributed by atoms with van der Waals surface area (Å²) in [6.07, 6.45) is -0.174. The Morgan fingerprint density at radius 1 is 1.78 bits per heavy atom. The number of hydrogen-bond acceptors (Lipinski definition) is 5. The number of nitrogens with two attached hydrogens (primary N) is 1. The van der Waals surface area contributed by atoms with Crippen LogP contribution in [0.4, 0.5) is 0 Å². The lowest BCUT2D eigenvalue weighted by molar-refractivity contribution is -0.133. The fourth-order valence-corrected chi connectivity index (χ4v) is 3.65. The molecule has 0 aromatic carbocycles. The second kappa shape index (κ2) is 5.05. The number of likely N-dealkylation sites (tertiary alicyclic amines) is 1.